The Morgan fingerprint density at radius 1 is 0.925 bits per heavy atom. The van der Waals surface area contributed by atoms with E-state index in [4.69, 9.17) is 21.1 Å². The summed E-state index contributed by atoms with van der Waals surface area (Å²) in [7, 11) is 1.58. The zero-order valence-corrected chi connectivity index (χ0v) is 22.1. The summed E-state index contributed by atoms with van der Waals surface area (Å²) in [4.78, 5) is 30.4. The molecule has 2 aromatic heterocycles. The van der Waals surface area contributed by atoms with Crippen LogP contribution in [0, 0.1) is 0 Å². The summed E-state index contributed by atoms with van der Waals surface area (Å²) in [5.41, 5.74) is 2.05. The molecule has 0 bridgehead atoms. The maximum atomic E-state index is 13.6. The summed E-state index contributed by atoms with van der Waals surface area (Å²) >= 11 is 6.02. The van der Waals surface area contributed by atoms with Gasteiger partial charge in [-0.25, -0.2) is 0 Å². The van der Waals surface area contributed by atoms with Crippen LogP contribution in [0.25, 0.3) is 5.69 Å². The Bertz CT molecular complexity index is 1660. The fourth-order valence-corrected chi connectivity index (χ4v) is 3.92. The van der Waals surface area contributed by atoms with Crippen LogP contribution in [0.2, 0.25) is 5.02 Å². The van der Waals surface area contributed by atoms with Gasteiger partial charge in [0.1, 0.15) is 11.5 Å². The van der Waals surface area contributed by atoms with E-state index < -0.39 is 5.56 Å². The third kappa shape index (κ3) is 6.28. The van der Waals surface area contributed by atoms with Gasteiger partial charge in [-0.1, -0.05) is 17.7 Å². The zero-order valence-electron chi connectivity index (χ0n) is 21.4. The number of benzene rings is 3. The maximum Gasteiger partial charge on any atom is 0.299 e. The Morgan fingerprint density at radius 2 is 1.65 bits per heavy atom. The van der Waals surface area contributed by atoms with E-state index in [9.17, 15) is 9.59 Å². The lowest BCUT2D eigenvalue weighted by molar-refractivity contribution is 0.0950. The van der Waals surface area contributed by atoms with E-state index in [2.05, 4.69) is 20.7 Å². The van der Waals surface area contributed by atoms with Crippen molar-refractivity contribution in [2.75, 3.05) is 12.4 Å². The van der Waals surface area contributed by atoms with Gasteiger partial charge in [0.05, 0.1) is 31.2 Å². The van der Waals surface area contributed by atoms with E-state index in [1.807, 2.05) is 18.2 Å². The van der Waals surface area contributed by atoms with Gasteiger partial charge in [0, 0.05) is 22.5 Å². The molecule has 2 heterocycles. The summed E-state index contributed by atoms with van der Waals surface area (Å²) in [6.45, 7) is 0.312. The maximum absolute atomic E-state index is 13.6. The third-order valence-electron chi connectivity index (χ3n) is 5.87. The predicted molar refractivity (Wildman–Crippen MR) is 153 cm³/mol. The van der Waals surface area contributed by atoms with E-state index >= 15 is 0 Å². The van der Waals surface area contributed by atoms with Gasteiger partial charge in [0.25, 0.3) is 11.5 Å². The molecule has 0 spiro atoms. The molecule has 0 saturated heterocycles. The highest BCUT2D eigenvalue weighted by atomic mass is 35.5. The van der Waals surface area contributed by atoms with Crippen LogP contribution in [0.1, 0.15) is 16.1 Å². The highest BCUT2D eigenvalue weighted by Gasteiger charge is 2.16. The van der Waals surface area contributed by atoms with Crippen molar-refractivity contribution in [3.05, 3.63) is 130 Å². The molecule has 1 amide bonds. The first kappa shape index (κ1) is 26.5. The number of anilines is 2. The Labute approximate surface area is 235 Å². The van der Waals surface area contributed by atoms with Crippen LogP contribution < -0.4 is 25.7 Å². The van der Waals surface area contributed by atoms with Crippen LogP contribution >= 0.6 is 11.6 Å². The molecule has 40 heavy (non-hydrogen) atoms. The fourth-order valence-electron chi connectivity index (χ4n) is 3.79. The number of methoxy groups -OCH3 is 1. The molecule has 2 N–H and O–H groups in total. The third-order valence-corrected chi connectivity index (χ3v) is 6.13. The Kier molecular flexibility index (Phi) is 8.03. The van der Waals surface area contributed by atoms with E-state index in [0.717, 1.165) is 5.69 Å². The van der Waals surface area contributed by atoms with Crippen LogP contribution in [0.4, 0.5) is 11.4 Å². The molecule has 0 unspecified atom stereocenters. The smallest absolute Gasteiger partial charge is 0.299 e. The topological polar surface area (TPSA) is 107 Å². The number of halogens is 1. The van der Waals surface area contributed by atoms with Gasteiger partial charge in [-0.3, -0.25) is 14.6 Å². The molecule has 3 aromatic carbocycles. The second-order valence-corrected chi connectivity index (χ2v) is 9.00. The second kappa shape index (κ2) is 12.1. The van der Waals surface area contributed by atoms with E-state index in [0.29, 0.717) is 40.0 Å². The average Bonchev–Trinajstić information content (AvgIpc) is 2.99. The minimum atomic E-state index is -0.439. The lowest BCUT2D eigenvalue weighted by Crippen LogP contribution is -2.24. The van der Waals surface area contributed by atoms with E-state index in [1.54, 1.807) is 86.1 Å². The molecule has 0 aliphatic carbocycles. The molecule has 5 rings (SSSR count). The van der Waals surface area contributed by atoms with Crippen molar-refractivity contribution in [2.45, 2.75) is 6.54 Å². The summed E-state index contributed by atoms with van der Waals surface area (Å²) in [6, 6.07) is 26.0. The van der Waals surface area contributed by atoms with Crippen LogP contribution in [-0.4, -0.2) is 27.8 Å². The Morgan fingerprint density at radius 3 is 2.33 bits per heavy atom. The molecule has 200 valence electrons. The van der Waals surface area contributed by atoms with Crippen molar-refractivity contribution >= 4 is 28.9 Å². The van der Waals surface area contributed by atoms with Crippen LogP contribution in [-0.2, 0) is 6.54 Å². The number of carbonyl (C=O) groups is 1. The lowest BCUT2D eigenvalue weighted by atomic mass is 10.2. The standard InChI is InChI=1S/C30H24ClN5O4/c1-39-25-13-15-26(16-14-25)40-27-19-34-36(24-11-7-21(31)8-12-24)30(38)28(27)35-22-9-5-20(6-10-22)29(37)33-18-23-4-2-3-17-32-23/h2-17,19,35H,18H2,1H3,(H,33,37). The Balaban J connectivity index is 1.41. The quantitative estimate of drug-likeness (QED) is 0.239. The van der Waals surface area contributed by atoms with Crippen molar-refractivity contribution in [2.24, 2.45) is 0 Å². The number of nitrogens with zero attached hydrogens (tertiary/aromatic N) is 3. The van der Waals surface area contributed by atoms with Gasteiger partial charge >= 0.3 is 0 Å². The number of ether oxygens (including phenoxy) is 2. The Hall–Kier alpha value is -5.15. The molecule has 0 saturated carbocycles. The van der Waals surface area contributed by atoms with Gasteiger partial charge in [-0.2, -0.15) is 9.78 Å². The summed E-state index contributed by atoms with van der Waals surface area (Å²) in [6.07, 6.45) is 3.14. The van der Waals surface area contributed by atoms with E-state index in [-0.39, 0.29) is 17.3 Å². The number of carbonyl (C=O) groups excluding carboxylic acids is 1. The number of amides is 1. The largest absolute Gasteiger partial charge is 0.497 e. The first-order valence-corrected chi connectivity index (χ1v) is 12.6. The molecular weight excluding hydrogens is 530 g/mol. The molecule has 10 heteroatoms. The number of hydrogen-bond acceptors (Lipinski definition) is 7. The molecule has 0 aliphatic heterocycles. The SMILES string of the molecule is COc1ccc(Oc2cnn(-c3ccc(Cl)cc3)c(=O)c2Nc2ccc(C(=O)NCc3ccccn3)cc2)cc1. The van der Waals surface area contributed by atoms with Crippen LogP contribution in [0.5, 0.6) is 17.2 Å². The summed E-state index contributed by atoms with van der Waals surface area (Å²) in [5, 5.41) is 10.8. The minimum absolute atomic E-state index is 0.160. The van der Waals surface area contributed by atoms with Gasteiger partial charge in [-0.15, -0.1) is 0 Å². The van der Waals surface area contributed by atoms with E-state index in [1.165, 1.54) is 10.9 Å². The van der Waals surface area contributed by atoms with Gasteiger partial charge in [0.15, 0.2) is 11.4 Å². The molecule has 0 aliphatic rings. The van der Waals surface area contributed by atoms with Crippen molar-refractivity contribution in [3.8, 4) is 22.9 Å². The van der Waals surface area contributed by atoms with Crippen LogP contribution in [0.15, 0.2) is 108 Å². The number of nitrogens with one attached hydrogen (secondary N) is 2. The minimum Gasteiger partial charge on any atom is -0.497 e. The first-order valence-electron chi connectivity index (χ1n) is 12.3. The average molecular weight is 554 g/mol. The molecule has 0 radical (unpaired) electrons. The van der Waals surface area contributed by atoms with Gasteiger partial charge in [-0.05, 0) is 84.9 Å². The highest BCUT2D eigenvalue weighted by molar-refractivity contribution is 6.30. The summed E-state index contributed by atoms with van der Waals surface area (Å²) < 4.78 is 12.5. The normalized spacial score (nSPS) is 10.6. The number of rotatable bonds is 9. The number of pyridine rings is 1. The van der Waals surface area contributed by atoms with Crippen LogP contribution in [0.3, 0.4) is 0 Å². The first-order chi connectivity index (χ1) is 19.5. The second-order valence-electron chi connectivity index (χ2n) is 8.56. The molecule has 5 aromatic rings. The monoisotopic (exact) mass is 553 g/mol. The van der Waals surface area contributed by atoms with Crippen molar-refractivity contribution < 1.29 is 14.3 Å². The number of aromatic nitrogens is 3. The highest BCUT2D eigenvalue weighted by Crippen LogP contribution is 2.30. The molecular formula is C30H24ClN5O4. The van der Waals surface area contributed by atoms with Crippen molar-refractivity contribution in [1.29, 1.82) is 0 Å². The van der Waals surface area contributed by atoms with Gasteiger partial charge in [0.2, 0.25) is 0 Å². The summed E-state index contributed by atoms with van der Waals surface area (Å²) in [5.74, 6) is 1.15. The predicted octanol–water partition coefficient (Wildman–Crippen LogP) is 5.76. The van der Waals surface area contributed by atoms with Crippen molar-refractivity contribution in [1.82, 2.24) is 20.1 Å². The molecule has 0 fully saturated rings. The lowest BCUT2D eigenvalue weighted by Gasteiger charge is -2.15. The zero-order chi connectivity index (χ0) is 27.9. The number of hydrogen-bond donors (Lipinski definition) is 2. The van der Waals surface area contributed by atoms with Crippen molar-refractivity contribution in [3.63, 3.8) is 0 Å². The molecule has 9 nitrogen and oxygen atoms in total. The molecule has 0 atom stereocenters. The fraction of sp³-hybridized carbons (Fsp3) is 0.0667. The van der Waals surface area contributed by atoms with Gasteiger partial charge < -0.3 is 20.1 Å².